The molecule has 0 spiro atoms. The number of carbonyl (C=O) groups excluding carboxylic acids is 2. The van der Waals surface area contributed by atoms with Crippen LogP contribution in [-0.2, 0) is 16.1 Å². The summed E-state index contributed by atoms with van der Waals surface area (Å²) >= 11 is 0. The van der Waals surface area contributed by atoms with Crippen LogP contribution in [0.3, 0.4) is 0 Å². The maximum absolute atomic E-state index is 13.0. The second kappa shape index (κ2) is 8.26. The maximum atomic E-state index is 13.0. The molecule has 2 aromatic heterocycles. The van der Waals surface area contributed by atoms with E-state index in [4.69, 9.17) is 0 Å². The van der Waals surface area contributed by atoms with Gasteiger partial charge in [-0.15, -0.1) is 0 Å². The number of phenols is 1. The average molecular weight is 443 g/mol. The van der Waals surface area contributed by atoms with Crippen LogP contribution in [0.5, 0.6) is 5.75 Å². The number of para-hydroxylation sites is 1. The summed E-state index contributed by atoms with van der Waals surface area (Å²) in [6.07, 6.45) is 3.70. The summed E-state index contributed by atoms with van der Waals surface area (Å²) in [6, 6.07) is 12.9. The molecule has 2 amide bonds. The molecule has 4 aromatic rings. The Kier molecular flexibility index (Phi) is 5.26. The van der Waals surface area contributed by atoms with Crippen LogP contribution in [0.1, 0.15) is 25.0 Å². The summed E-state index contributed by atoms with van der Waals surface area (Å²) in [4.78, 5) is 31.5. The molecule has 0 saturated heterocycles. The smallest absolute Gasteiger partial charge is 0.259 e. The Bertz CT molecular complexity index is 1420. The van der Waals surface area contributed by atoms with Gasteiger partial charge in [-0.2, -0.15) is 0 Å². The SMILES string of the molecule is CCN(CC)CCn1cc(C2=C(c3c[nH]c4ccccc34)C(=O)NC2=O)c2cc(O)ccc21. The van der Waals surface area contributed by atoms with Gasteiger partial charge in [-0.25, -0.2) is 0 Å². The Morgan fingerprint density at radius 3 is 2.42 bits per heavy atom. The van der Waals surface area contributed by atoms with Crippen molar-refractivity contribution in [2.45, 2.75) is 20.4 Å². The van der Waals surface area contributed by atoms with Crippen LogP contribution in [0.2, 0.25) is 0 Å². The van der Waals surface area contributed by atoms with Crippen molar-refractivity contribution in [2.24, 2.45) is 0 Å². The van der Waals surface area contributed by atoms with Crippen LogP contribution >= 0.6 is 0 Å². The largest absolute Gasteiger partial charge is 0.508 e. The number of H-pyrrole nitrogens is 1. The Balaban J connectivity index is 1.72. The number of hydrogen-bond donors (Lipinski definition) is 3. The van der Waals surface area contributed by atoms with E-state index in [1.807, 2.05) is 36.5 Å². The molecule has 7 nitrogen and oxygen atoms in total. The third-order valence-corrected chi connectivity index (χ3v) is 6.48. The first-order valence-electron chi connectivity index (χ1n) is 11.2. The monoisotopic (exact) mass is 442 g/mol. The van der Waals surface area contributed by atoms with Crippen molar-refractivity contribution in [1.82, 2.24) is 19.8 Å². The summed E-state index contributed by atoms with van der Waals surface area (Å²) in [5.74, 6) is -0.723. The fourth-order valence-electron chi connectivity index (χ4n) is 4.71. The summed E-state index contributed by atoms with van der Waals surface area (Å²) < 4.78 is 2.10. The molecular formula is C26H26N4O3. The maximum Gasteiger partial charge on any atom is 0.259 e. The van der Waals surface area contributed by atoms with Crippen LogP contribution < -0.4 is 5.32 Å². The minimum atomic E-state index is -0.425. The first kappa shape index (κ1) is 21.0. The normalized spacial score (nSPS) is 14.3. The minimum absolute atomic E-state index is 0.115. The van der Waals surface area contributed by atoms with Gasteiger partial charge >= 0.3 is 0 Å². The molecule has 0 radical (unpaired) electrons. The number of aromatic hydroxyl groups is 1. The quantitative estimate of drug-likeness (QED) is 0.381. The molecule has 0 fully saturated rings. The third kappa shape index (κ3) is 3.50. The summed E-state index contributed by atoms with van der Waals surface area (Å²) in [5, 5.41) is 14.3. The number of phenolic OH excluding ortho intramolecular Hbond substituents is 1. The van der Waals surface area contributed by atoms with Gasteiger partial charge in [0.15, 0.2) is 0 Å². The molecule has 0 saturated carbocycles. The van der Waals surface area contributed by atoms with Gasteiger partial charge in [0.1, 0.15) is 5.75 Å². The number of fused-ring (bicyclic) bond motifs is 2. The van der Waals surface area contributed by atoms with E-state index < -0.39 is 11.8 Å². The lowest BCUT2D eigenvalue weighted by Crippen LogP contribution is -2.26. The number of carbonyl (C=O) groups is 2. The van der Waals surface area contributed by atoms with Crippen LogP contribution in [0.4, 0.5) is 0 Å². The molecule has 1 aliphatic rings. The number of nitrogens with zero attached hydrogens (tertiary/aromatic N) is 2. The number of rotatable bonds is 7. The van der Waals surface area contributed by atoms with E-state index in [1.54, 1.807) is 18.3 Å². The molecule has 33 heavy (non-hydrogen) atoms. The number of amides is 2. The lowest BCUT2D eigenvalue weighted by molar-refractivity contribution is -0.122. The summed E-state index contributed by atoms with van der Waals surface area (Å²) in [7, 11) is 0. The zero-order valence-electron chi connectivity index (χ0n) is 18.7. The van der Waals surface area contributed by atoms with Crippen molar-refractivity contribution in [1.29, 1.82) is 0 Å². The first-order chi connectivity index (χ1) is 16.0. The number of aromatic amines is 1. The average Bonchev–Trinajstić information content (AvgIpc) is 3.47. The fourth-order valence-corrected chi connectivity index (χ4v) is 4.71. The van der Waals surface area contributed by atoms with E-state index in [-0.39, 0.29) is 5.75 Å². The van der Waals surface area contributed by atoms with E-state index in [2.05, 4.69) is 33.6 Å². The van der Waals surface area contributed by atoms with Crippen LogP contribution in [0, 0.1) is 0 Å². The van der Waals surface area contributed by atoms with Crippen molar-refractivity contribution in [3.8, 4) is 5.75 Å². The van der Waals surface area contributed by atoms with Gasteiger partial charge in [-0.1, -0.05) is 32.0 Å². The van der Waals surface area contributed by atoms with Gasteiger partial charge in [0.05, 0.1) is 11.1 Å². The van der Waals surface area contributed by atoms with E-state index in [1.165, 1.54) is 0 Å². The molecule has 0 bridgehead atoms. The van der Waals surface area contributed by atoms with Gasteiger partial charge in [0.25, 0.3) is 11.8 Å². The predicted octanol–water partition coefficient (Wildman–Crippen LogP) is 3.74. The zero-order valence-corrected chi connectivity index (χ0v) is 18.7. The number of hydrogen-bond acceptors (Lipinski definition) is 4. The lowest BCUT2D eigenvalue weighted by atomic mass is 9.95. The van der Waals surface area contributed by atoms with E-state index in [9.17, 15) is 14.7 Å². The topological polar surface area (TPSA) is 90.4 Å². The number of imide groups is 1. The second-order valence-corrected chi connectivity index (χ2v) is 8.25. The number of nitrogens with one attached hydrogen (secondary N) is 2. The van der Waals surface area contributed by atoms with Gasteiger partial charge in [0, 0.05) is 58.4 Å². The molecular weight excluding hydrogens is 416 g/mol. The van der Waals surface area contributed by atoms with Crippen LogP contribution in [-0.4, -0.2) is 51.0 Å². The van der Waals surface area contributed by atoms with Gasteiger partial charge < -0.3 is 19.6 Å². The number of likely N-dealkylation sites (N-methyl/N-ethyl adjacent to an activating group) is 1. The zero-order chi connectivity index (χ0) is 23.1. The van der Waals surface area contributed by atoms with Crippen molar-refractivity contribution in [3.63, 3.8) is 0 Å². The van der Waals surface area contributed by atoms with Crippen LogP contribution in [0.15, 0.2) is 54.9 Å². The molecule has 1 aliphatic heterocycles. The third-order valence-electron chi connectivity index (χ3n) is 6.48. The predicted molar refractivity (Wildman–Crippen MR) is 130 cm³/mol. The van der Waals surface area contributed by atoms with Crippen molar-refractivity contribution in [2.75, 3.05) is 19.6 Å². The van der Waals surface area contributed by atoms with Crippen molar-refractivity contribution in [3.05, 3.63) is 66.0 Å². The Morgan fingerprint density at radius 2 is 1.67 bits per heavy atom. The highest BCUT2D eigenvalue weighted by Gasteiger charge is 2.35. The molecule has 5 rings (SSSR count). The van der Waals surface area contributed by atoms with E-state index in [0.717, 1.165) is 48.0 Å². The van der Waals surface area contributed by atoms with E-state index in [0.29, 0.717) is 22.3 Å². The van der Waals surface area contributed by atoms with Gasteiger partial charge in [-0.05, 0) is 37.4 Å². The summed E-state index contributed by atoms with van der Waals surface area (Å²) in [5.41, 5.74) is 3.82. The molecule has 3 N–H and O–H groups in total. The second-order valence-electron chi connectivity index (χ2n) is 8.25. The minimum Gasteiger partial charge on any atom is -0.508 e. The molecule has 7 heteroatoms. The Labute approximate surface area is 191 Å². The highest BCUT2D eigenvalue weighted by molar-refractivity contribution is 6.50. The Morgan fingerprint density at radius 1 is 0.939 bits per heavy atom. The number of benzene rings is 2. The Hall–Kier alpha value is -3.84. The van der Waals surface area contributed by atoms with Crippen molar-refractivity contribution < 1.29 is 14.7 Å². The molecule has 0 atom stereocenters. The fraction of sp³-hybridized carbons (Fsp3) is 0.231. The summed E-state index contributed by atoms with van der Waals surface area (Å²) in [6.45, 7) is 7.76. The molecule has 0 aliphatic carbocycles. The standard InChI is InChI=1S/C26H26N4O3/c1-3-29(4-2)11-12-30-15-20(18-13-16(31)9-10-22(18)30)24-23(25(32)28-26(24)33)19-14-27-21-8-6-5-7-17(19)21/h5-10,13-15,27,31H,3-4,11-12H2,1-2H3,(H,28,32,33). The highest BCUT2D eigenvalue weighted by Crippen LogP contribution is 2.39. The molecule has 3 heterocycles. The molecule has 2 aromatic carbocycles. The van der Waals surface area contributed by atoms with Gasteiger partial charge in [-0.3, -0.25) is 14.9 Å². The first-order valence-corrected chi connectivity index (χ1v) is 11.2. The molecule has 0 unspecified atom stereocenters. The van der Waals surface area contributed by atoms with E-state index >= 15 is 0 Å². The lowest BCUT2D eigenvalue weighted by Gasteiger charge is -2.18. The van der Waals surface area contributed by atoms with Gasteiger partial charge in [0.2, 0.25) is 0 Å². The van der Waals surface area contributed by atoms with Crippen LogP contribution in [0.25, 0.3) is 33.0 Å². The highest BCUT2D eigenvalue weighted by atomic mass is 16.3. The molecule has 168 valence electrons. The number of aromatic nitrogens is 2. The van der Waals surface area contributed by atoms with Crippen molar-refractivity contribution >= 4 is 44.8 Å².